The second-order valence-corrected chi connectivity index (χ2v) is 5.70. The van der Waals surface area contributed by atoms with Gasteiger partial charge in [0.25, 0.3) is 0 Å². The molecule has 0 radical (unpaired) electrons. The Morgan fingerprint density at radius 3 is 2.59 bits per heavy atom. The standard InChI is InChI=1S/C14H20BrNO/c1-9(10-4-5-10)14(16-2)12-7-6-11(17-3)8-13(12)15/h6-10,14,16H,4-5H2,1-3H3. The molecule has 2 unspecified atom stereocenters. The van der Waals surface area contributed by atoms with Crippen molar-refractivity contribution in [3.8, 4) is 5.75 Å². The van der Waals surface area contributed by atoms with Crippen molar-refractivity contribution in [2.75, 3.05) is 14.2 Å². The van der Waals surface area contributed by atoms with E-state index in [1.165, 1.54) is 18.4 Å². The second-order valence-electron chi connectivity index (χ2n) is 4.85. The van der Waals surface area contributed by atoms with Crippen LogP contribution in [0.1, 0.15) is 31.4 Å². The zero-order valence-electron chi connectivity index (χ0n) is 10.7. The van der Waals surface area contributed by atoms with Gasteiger partial charge in [0.2, 0.25) is 0 Å². The molecule has 1 aromatic rings. The molecule has 1 aromatic carbocycles. The minimum atomic E-state index is 0.419. The molecular formula is C14H20BrNO. The van der Waals surface area contributed by atoms with E-state index < -0.39 is 0 Å². The lowest BCUT2D eigenvalue weighted by molar-refractivity contribution is 0.367. The Hall–Kier alpha value is -0.540. The van der Waals surface area contributed by atoms with Crippen molar-refractivity contribution < 1.29 is 4.74 Å². The number of rotatable bonds is 5. The summed E-state index contributed by atoms with van der Waals surface area (Å²) in [5.74, 6) is 2.47. The molecule has 0 bridgehead atoms. The van der Waals surface area contributed by atoms with Crippen LogP contribution < -0.4 is 10.1 Å². The number of benzene rings is 1. The van der Waals surface area contributed by atoms with Gasteiger partial charge in [0.1, 0.15) is 5.75 Å². The maximum atomic E-state index is 5.23. The van der Waals surface area contributed by atoms with Crippen molar-refractivity contribution in [1.29, 1.82) is 0 Å². The second kappa shape index (κ2) is 5.40. The minimum absolute atomic E-state index is 0.419. The van der Waals surface area contributed by atoms with Crippen molar-refractivity contribution in [3.05, 3.63) is 28.2 Å². The van der Waals surface area contributed by atoms with Gasteiger partial charge in [-0.05, 0) is 49.4 Å². The molecule has 2 nitrogen and oxygen atoms in total. The first-order valence-electron chi connectivity index (χ1n) is 6.18. The first-order chi connectivity index (χ1) is 8.17. The highest BCUT2D eigenvalue weighted by Crippen LogP contribution is 2.44. The molecule has 3 heteroatoms. The third-order valence-electron chi connectivity index (χ3n) is 3.75. The van der Waals surface area contributed by atoms with Crippen LogP contribution in [0.15, 0.2) is 22.7 Å². The number of nitrogens with one attached hydrogen (secondary N) is 1. The van der Waals surface area contributed by atoms with Gasteiger partial charge in [-0.2, -0.15) is 0 Å². The summed E-state index contributed by atoms with van der Waals surface area (Å²) in [7, 11) is 3.74. The monoisotopic (exact) mass is 297 g/mol. The van der Waals surface area contributed by atoms with Crippen LogP contribution in [0.5, 0.6) is 5.75 Å². The van der Waals surface area contributed by atoms with Crippen molar-refractivity contribution >= 4 is 15.9 Å². The fourth-order valence-corrected chi connectivity index (χ4v) is 3.09. The van der Waals surface area contributed by atoms with Gasteiger partial charge in [0, 0.05) is 10.5 Å². The summed E-state index contributed by atoms with van der Waals surface area (Å²) in [6.07, 6.45) is 2.76. The van der Waals surface area contributed by atoms with Crippen LogP contribution >= 0.6 is 15.9 Å². The number of ether oxygens (including phenoxy) is 1. The van der Waals surface area contributed by atoms with Crippen LogP contribution in [0, 0.1) is 11.8 Å². The van der Waals surface area contributed by atoms with Gasteiger partial charge in [-0.3, -0.25) is 0 Å². The van der Waals surface area contributed by atoms with Crippen molar-refractivity contribution in [2.24, 2.45) is 11.8 Å². The van der Waals surface area contributed by atoms with Crippen molar-refractivity contribution in [3.63, 3.8) is 0 Å². The minimum Gasteiger partial charge on any atom is -0.497 e. The van der Waals surface area contributed by atoms with Crippen LogP contribution in [0.25, 0.3) is 0 Å². The maximum Gasteiger partial charge on any atom is 0.120 e. The normalized spacial score (nSPS) is 18.8. The Labute approximate surface area is 112 Å². The number of methoxy groups -OCH3 is 1. The van der Waals surface area contributed by atoms with E-state index >= 15 is 0 Å². The van der Waals surface area contributed by atoms with E-state index in [1.54, 1.807) is 7.11 Å². The summed E-state index contributed by atoms with van der Waals surface area (Å²) >= 11 is 3.65. The highest BCUT2D eigenvalue weighted by atomic mass is 79.9. The highest BCUT2D eigenvalue weighted by molar-refractivity contribution is 9.10. The van der Waals surface area contributed by atoms with E-state index in [9.17, 15) is 0 Å². The van der Waals surface area contributed by atoms with E-state index in [4.69, 9.17) is 4.74 Å². The molecular weight excluding hydrogens is 278 g/mol. The van der Waals surface area contributed by atoms with E-state index in [2.05, 4.69) is 34.2 Å². The van der Waals surface area contributed by atoms with Gasteiger partial charge in [-0.15, -0.1) is 0 Å². The Kier molecular flexibility index (Phi) is 4.10. The molecule has 0 aliphatic heterocycles. The van der Waals surface area contributed by atoms with Crippen LogP contribution in [-0.2, 0) is 0 Å². The van der Waals surface area contributed by atoms with Crippen LogP contribution in [0.2, 0.25) is 0 Å². The summed E-state index contributed by atoms with van der Waals surface area (Å²) in [6, 6.07) is 6.65. The Morgan fingerprint density at radius 2 is 2.12 bits per heavy atom. The third kappa shape index (κ3) is 2.83. The van der Waals surface area contributed by atoms with Crippen LogP contribution in [-0.4, -0.2) is 14.2 Å². The van der Waals surface area contributed by atoms with E-state index in [-0.39, 0.29) is 0 Å². The summed E-state index contributed by atoms with van der Waals surface area (Å²) < 4.78 is 6.36. The molecule has 2 atom stereocenters. The predicted octanol–water partition coefficient (Wildman–Crippen LogP) is 3.76. The van der Waals surface area contributed by atoms with Crippen LogP contribution in [0.3, 0.4) is 0 Å². The fourth-order valence-electron chi connectivity index (χ4n) is 2.48. The average molecular weight is 298 g/mol. The first-order valence-corrected chi connectivity index (χ1v) is 6.97. The third-order valence-corrected chi connectivity index (χ3v) is 4.43. The molecule has 1 aliphatic rings. The lowest BCUT2D eigenvalue weighted by Gasteiger charge is -2.25. The van der Waals surface area contributed by atoms with Crippen molar-refractivity contribution in [2.45, 2.75) is 25.8 Å². The van der Waals surface area contributed by atoms with Gasteiger partial charge < -0.3 is 10.1 Å². The number of halogens is 1. The highest BCUT2D eigenvalue weighted by Gasteiger charge is 2.33. The van der Waals surface area contributed by atoms with Gasteiger partial charge in [0.15, 0.2) is 0 Å². The summed E-state index contributed by atoms with van der Waals surface area (Å²) in [4.78, 5) is 0. The lowest BCUT2D eigenvalue weighted by atomic mass is 9.91. The van der Waals surface area contributed by atoms with Gasteiger partial charge in [-0.1, -0.05) is 28.9 Å². The molecule has 0 aromatic heterocycles. The Bertz CT molecular complexity index is 390. The Balaban J connectivity index is 2.23. The van der Waals surface area contributed by atoms with Gasteiger partial charge in [-0.25, -0.2) is 0 Å². The SMILES string of the molecule is CNC(c1ccc(OC)cc1Br)C(C)C1CC1. The molecule has 1 aliphatic carbocycles. The lowest BCUT2D eigenvalue weighted by Crippen LogP contribution is -2.25. The summed E-state index contributed by atoms with van der Waals surface area (Å²) in [5, 5.41) is 3.45. The Morgan fingerprint density at radius 1 is 1.41 bits per heavy atom. The van der Waals surface area contributed by atoms with Crippen LogP contribution in [0.4, 0.5) is 0 Å². The van der Waals surface area contributed by atoms with E-state index in [0.29, 0.717) is 12.0 Å². The molecule has 1 fully saturated rings. The molecule has 0 amide bonds. The largest absolute Gasteiger partial charge is 0.497 e. The topological polar surface area (TPSA) is 21.3 Å². The fraction of sp³-hybridized carbons (Fsp3) is 0.571. The van der Waals surface area contributed by atoms with Gasteiger partial charge >= 0.3 is 0 Å². The molecule has 17 heavy (non-hydrogen) atoms. The molecule has 0 heterocycles. The summed E-state index contributed by atoms with van der Waals surface area (Å²) in [5.41, 5.74) is 1.33. The molecule has 2 rings (SSSR count). The van der Waals surface area contributed by atoms with E-state index in [1.807, 2.05) is 19.2 Å². The predicted molar refractivity (Wildman–Crippen MR) is 74.4 cm³/mol. The molecule has 1 N–H and O–H groups in total. The molecule has 1 saturated carbocycles. The maximum absolute atomic E-state index is 5.23. The average Bonchev–Trinajstić information content (AvgIpc) is 3.15. The molecule has 0 spiro atoms. The molecule has 0 saturated heterocycles. The quantitative estimate of drug-likeness (QED) is 0.893. The first kappa shape index (κ1) is 12.9. The number of hydrogen-bond donors (Lipinski definition) is 1. The zero-order valence-corrected chi connectivity index (χ0v) is 12.3. The zero-order chi connectivity index (χ0) is 12.4. The summed E-state index contributed by atoms with van der Waals surface area (Å²) in [6.45, 7) is 2.34. The smallest absolute Gasteiger partial charge is 0.120 e. The van der Waals surface area contributed by atoms with Crippen molar-refractivity contribution in [1.82, 2.24) is 5.32 Å². The van der Waals surface area contributed by atoms with E-state index in [0.717, 1.165) is 16.1 Å². The molecule has 94 valence electrons. The van der Waals surface area contributed by atoms with Gasteiger partial charge in [0.05, 0.1) is 7.11 Å². The number of hydrogen-bond acceptors (Lipinski definition) is 2.